The van der Waals surface area contributed by atoms with Crippen LogP contribution >= 0.6 is 11.8 Å². The van der Waals surface area contributed by atoms with Crippen molar-refractivity contribution in [3.05, 3.63) is 11.7 Å². The normalized spacial score (nSPS) is 18.9. The first-order valence-corrected chi connectivity index (χ1v) is 8.91. The van der Waals surface area contributed by atoms with E-state index >= 15 is 0 Å². The molecular formula is C14H20N6OS. The smallest absolute Gasteiger partial charge is 0.237 e. The summed E-state index contributed by atoms with van der Waals surface area (Å²) in [7, 11) is 0. The maximum absolute atomic E-state index is 5.18. The molecule has 1 aliphatic carbocycles. The van der Waals surface area contributed by atoms with Gasteiger partial charge in [-0.2, -0.15) is 4.98 Å². The number of hydrogen-bond donors (Lipinski definition) is 0. The molecule has 3 heterocycles. The second kappa shape index (κ2) is 5.91. The van der Waals surface area contributed by atoms with Gasteiger partial charge in [0.25, 0.3) is 0 Å². The molecule has 0 amide bonds. The van der Waals surface area contributed by atoms with Crippen LogP contribution in [0.5, 0.6) is 0 Å². The van der Waals surface area contributed by atoms with E-state index in [0.717, 1.165) is 24.2 Å². The maximum Gasteiger partial charge on any atom is 0.237 e. The fourth-order valence-corrected chi connectivity index (χ4v) is 3.69. The van der Waals surface area contributed by atoms with E-state index < -0.39 is 0 Å². The van der Waals surface area contributed by atoms with E-state index in [0.29, 0.717) is 23.5 Å². The van der Waals surface area contributed by atoms with Crippen molar-refractivity contribution in [3.8, 4) is 0 Å². The molecule has 0 radical (unpaired) electrons. The van der Waals surface area contributed by atoms with Crippen LogP contribution in [-0.2, 0) is 5.75 Å². The molecule has 0 N–H and O–H groups in total. The molecule has 118 valence electrons. The molecule has 0 atom stereocenters. The molecule has 4 rings (SSSR count). The molecule has 0 bridgehead atoms. The van der Waals surface area contributed by atoms with Crippen LogP contribution in [0.25, 0.3) is 0 Å². The molecule has 1 aliphatic heterocycles. The summed E-state index contributed by atoms with van der Waals surface area (Å²) in [5, 5.41) is 13.7. The summed E-state index contributed by atoms with van der Waals surface area (Å²) in [4.78, 5) is 6.63. The fourth-order valence-electron chi connectivity index (χ4n) is 2.85. The number of piperidine rings is 1. The Bertz CT molecular complexity index is 644. The van der Waals surface area contributed by atoms with Crippen molar-refractivity contribution in [2.75, 3.05) is 18.0 Å². The third-order valence-corrected chi connectivity index (χ3v) is 5.02. The lowest BCUT2D eigenvalue weighted by Gasteiger charge is -2.27. The first-order valence-electron chi connectivity index (χ1n) is 7.93. The van der Waals surface area contributed by atoms with Gasteiger partial charge in [-0.25, -0.2) is 0 Å². The van der Waals surface area contributed by atoms with Crippen LogP contribution in [-0.4, -0.2) is 38.0 Å². The Morgan fingerprint density at radius 1 is 1.18 bits per heavy atom. The predicted octanol–water partition coefficient (Wildman–Crippen LogP) is 2.59. The molecule has 22 heavy (non-hydrogen) atoms. The van der Waals surface area contributed by atoms with Gasteiger partial charge in [0.2, 0.25) is 11.8 Å². The number of nitrogens with zero attached hydrogens (tertiary/aromatic N) is 6. The second-order valence-electron chi connectivity index (χ2n) is 5.96. The Kier molecular flexibility index (Phi) is 3.77. The minimum Gasteiger partial charge on any atom is -0.341 e. The van der Waals surface area contributed by atoms with Crippen LogP contribution in [0.3, 0.4) is 0 Å². The Morgan fingerprint density at radius 3 is 2.68 bits per heavy atom. The van der Waals surface area contributed by atoms with E-state index in [4.69, 9.17) is 4.52 Å². The van der Waals surface area contributed by atoms with E-state index in [2.05, 4.69) is 29.8 Å². The molecule has 8 heteroatoms. The van der Waals surface area contributed by atoms with Gasteiger partial charge >= 0.3 is 0 Å². The van der Waals surface area contributed by atoms with Crippen LogP contribution in [0.1, 0.15) is 49.9 Å². The third-order valence-electron chi connectivity index (χ3n) is 4.09. The summed E-state index contributed by atoms with van der Waals surface area (Å²) >= 11 is 1.63. The number of aryl methyl sites for hydroxylation is 1. The number of hydrogen-bond acceptors (Lipinski definition) is 7. The van der Waals surface area contributed by atoms with E-state index in [-0.39, 0.29) is 0 Å². The summed E-state index contributed by atoms with van der Waals surface area (Å²) < 4.78 is 7.49. The monoisotopic (exact) mass is 320 g/mol. The lowest BCUT2D eigenvalue weighted by atomic mass is 10.1. The minimum absolute atomic E-state index is 0.568. The van der Waals surface area contributed by atoms with Crippen LogP contribution < -0.4 is 4.90 Å². The largest absolute Gasteiger partial charge is 0.341 e. The highest BCUT2D eigenvalue weighted by atomic mass is 32.2. The number of thioether (sulfide) groups is 1. The Labute approximate surface area is 133 Å². The van der Waals surface area contributed by atoms with Crippen LogP contribution in [0.15, 0.2) is 9.68 Å². The highest BCUT2D eigenvalue weighted by molar-refractivity contribution is 7.98. The van der Waals surface area contributed by atoms with Gasteiger partial charge in [0.05, 0.1) is 5.75 Å². The highest BCUT2D eigenvalue weighted by Crippen LogP contribution is 2.41. The van der Waals surface area contributed by atoms with Crippen LogP contribution in [0, 0.1) is 6.92 Å². The number of aromatic nitrogens is 5. The molecule has 0 aromatic carbocycles. The molecule has 0 unspecified atom stereocenters. The van der Waals surface area contributed by atoms with Crippen molar-refractivity contribution in [2.24, 2.45) is 0 Å². The van der Waals surface area contributed by atoms with Gasteiger partial charge in [0.1, 0.15) is 0 Å². The fraction of sp³-hybridized carbons (Fsp3) is 0.714. The van der Waals surface area contributed by atoms with Crippen LogP contribution in [0.2, 0.25) is 0 Å². The van der Waals surface area contributed by atoms with Gasteiger partial charge < -0.3 is 9.42 Å². The van der Waals surface area contributed by atoms with Gasteiger partial charge in [-0.05, 0) is 39.0 Å². The quantitative estimate of drug-likeness (QED) is 0.784. The molecule has 7 nitrogen and oxygen atoms in total. The molecule has 1 saturated heterocycles. The lowest BCUT2D eigenvalue weighted by Crippen LogP contribution is -2.31. The standard InChI is InChI=1S/C14H20N6OS/c1-10-15-12(21-18-10)9-22-14-17-16-13(20(14)11-5-6-11)19-7-3-2-4-8-19/h11H,2-9H2,1H3. The third kappa shape index (κ3) is 2.84. The molecule has 2 aromatic heterocycles. The van der Waals surface area contributed by atoms with Gasteiger partial charge in [-0.3, -0.25) is 4.57 Å². The minimum atomic E-state index is 0.568. The average Bonchev–Trinajstić information content (AvgIpc) is 3.16. The first-order chi connectivity index (χ1) is 10.8. The van der Waals surface area contributed by atoms with E-state index in [1.807, 2.05) is 6.92 Å². The molecule has 2 aromatic rings. The van der Waals surface area contributed by atoms with Gasteiger partial charge in [0, 0.05) is 19.1 Å². The van der Waals surface area contributed by atoms with Gasteiger partial charge in [-0.1, -0.05) is 16.9 Å². The zero-order chi connectivity index (χ0) is 14.9. The van der Waals surface area contributed by atoms with Crippen molar-refractivity contribution in [3.63, 3.8) is 0 Å². The van der Waals surface area contributed by atoms with Crippen molar-refractivity contribution in [1.82, 2.24) is 24.9 Å². The molecule has 1 saturated carbocycles. The number of anilines is 1. The van der Waals surface area contributed by atoms with Crippen molar-refractivity contribution in [1.29, 1.82) is 0 Å². The van der Waals surface area contributed by atoms with Crippen LogP contribution in [0.4, 0.5) is 5.95 Å². The van der Waals surface area contributed by atoms with Gasteiger partial charge in [0.15, 0.2) is 11.0 Å². The van der Waals surface area contributed by atoms with Crippen molar-refractivity contribution >= 4 is 17.7 Å². The first kappa shape index (κ1) is 14.0. The SMILES string of the molecule is Cc1noc(CSc2nnc(N3CCCCC3)n2C2CC2)n1. The van der Waals surface area contributed by atoms with E-state index in [9.17, 15) is 0 Å². The highest BCUT2D eigenvalue weighted by Gasteiger charge is 2.32. The number of rotatable bonds is 5. The molecule has 0 spiro atoms. The summed E-state index contributed by atoms with van der Waals surface area (Å²) in [5.74, 6) is 3.01. The second-order valence-corrected chi connectivity index (χ2v) is 6.90. The lowest BCUT2D eigenvalue weighted by molar-refractivity contribution is 0.387. The molecular weight excluding hydrogens is 300 g/mol. The van der Waals surface area contributed by atoms with Gasteiger partial charge in [-0.15, -0.1) is 10.2 Å². The molecule has 2 aliphatic rings. The zero-order valence-electron chi connectivity index (χ0n) is 12.7. The predicted molar refractivity (Wildman–Crippen MR) is 83.0 cm³/mol. The van der Waals surface area contributed by atoms with Crippen molar-refractivity contribution in [2.45, 2.75) is 56.0 Å². The Hall–Kier alpha value is -1.57. The Balaban J connectivity index is 1.53. The maximum atomic E-state index is 5.18. The summed E-state index contributed by atoms with van der Waals surface area (Å²) in [5.41, 5.74) is 0. The van der Waals surface area contributed by atoms with E-state index in [1.165, 1.54) is 32.1 Å². The zero-order valence-corrected chi connectivity index (χ0v) is 13.6. The topological polar surface area (TPSA) is 72.9 Å². The summed E-state index contributed by atoms with van der Waals surface area (Å²) in [6, 6.07) is 0.568. The average molecular weight is 320 g/mol. The van der Waals surface area contributed by atoms with Crippen molar-refractivity contribution < 1.29 is 4.52 Å². The summed E-state index contributed by atoms with van der Waals surface area (Å²) in [6.07, 6.45) is 6.28. The Morgan fingerprint density at radius 2 is 2.00 bits per heavy atom. The molecule has 2 fully saturated rings. The van der Waals surface area contributed by atoms with E-state index in [1.54, 1.807) is 11.8 Å². The summed E-state index contributed by atoms with van der Waals surface area (Å²) in [6.45, 7) is 4.02.